The van der Waals surface area contributed by atoms with Gasteiger partial charge in [-0.25, -0.2) is 0 Å². The SMILES string of the molecule is CCCNCC1CCC1N(CC)CC(F)(F)F. The normalized spacial score (nSPS) is 25.1. The molecular weight excluding hydrogens is 229 g/mol. The van der Waals surface area contributed by atoms with Crippen LogP contribution in [0.15, 0.2) is 0 Å². The second-order valence-corrected chi connectivity index (χ2v) is 4.79. The maximum Gasteiger partial charge on any atom is 0.401 e. The number of hydrogen-bond donors (Lipinski definition) is 1. The standard InChI is InChI=1S/C12H23F3N2/c1-3-7-16-8-10-5-6-11(10)17(4-2)9-12(13,14)15/h10-11,16H,3-9H2,1-2H3. The van der Waals surface area contributed by atoms with E-state index in [2.05, 4.69) is 12.2 Å². The summed E-state index contributed by atoms with van der Waals surface area (Å²) in [5.41, 5.74) is 0. The molecule has 2 atom stereocenters. The monoisotopic (exact) mass is 252 g/mol. The lowest BCUT2D eigenvalue weighted by Crippen LogP contribution is -2.53. The number of halogens is 3. The first-order valence-corrected chi connectivity index (χ1v) is 6.49. The van der Waals surface area contributed by atoms with Gasteiger partial charge in [0.1, 0.15) is 0 Å². The summed E-state index contributed by atoms with van der Waals surface area (Å²) in [6.45, 7) is 5.42. The molecule has 0 aromatic carbocycles. The van der Waals surface area contributed by atoms with Gasteiger partial charge in [0, 0.05) is 6.04 Å². The van der Waals surface area contributed by atoms with E-state index in [1.807, 2.05) is 0 Å². The van der Waals surface area contributed by atoms with Gasteiger partial charge in [-0.2, -0.15) is 13.2 Å². The molecule has 17 heavy (non-hydrogen) atoms. The van der Waals surface area contributed by atoms with Crippen molar-refractivity contribution in [1.82, 2.24) is 10.2 Å². The highest BCUT2D eigenvalue weighted by Crippen LogP contribution is 2.33. The van der Waals surface area contributed by atoms with E-state index in [-0.39, 0.29) is 6.04 Å². The minimum absolute atomic E-state index is 0.117. The van der Waals surface area contributed by atoms with Crippen LogP contribution in [-0.2, 0) is 0 Å². The van der Waals surface area contributed by atoms with Crippen LogP contribution in [0.5, 0.6) is 0 Å². The maximum atomic E-state index is 12.4. The van der Waals surface area contributed by atoms with E-state index in [1.54, 1.807) is 11.8 Å². The average Bonchev–Trinajstić information content (AvgIpc) is 2.19. The van der Waals surface area contributed by atoms with Crippen molar-refractivity contribution in [3.05, 3.63) is 0 Å². The van der Waals surface area contributed by atoms with Crippen LogP contribution in [0.3, 0.4) is 0 Å². The molecule has 0 spiro atoms. The summed E-state index contributed by atoms with van der Waals surface area (Å²) < 4.78 is 37.2. The van der Waals surface area contributed by atoms with Crippen LogP contribution < -0.4 is 5.32 Å². The van der Waals surface area contributed by atoms with Gasteiger partial charge in [0.25, 0.3) is 0 Å². The topological polar surface area (TPSA) is 15.3 Å². The molecule has 1 rings (SSSR count). The summed E-state index contributed by atoms with van der Waals surface area (Å²) in [5.74, 6) is 0.392. The molecule has 0 saturated heterocycles. The van der Waals surface area contributed by atoms with Crippen LogP contribution in [0.25, 0.3) is 0 Å². The highest BCUT2D eigenvalue weighted by Gasteiger charge is 2.39. The molecule has 1 aliphatic rings. The molecule has 0 aliphatic heterocycles. The first kappa shape index (κ1) is 14.8. The molecule has 0 amide bonds. The van der Waals surface area contributed by atoms with Crippen molar-refractivity contribution in [3.63, 3.8) is 0 Å². The first-order chi connectivity index (χ1) is 7.98. The number of nitrogens with one attached hydrogen (secondary N) is 1. The average molecular weight is 252 g/mol. The predicted molar refractivity (Wildman–Crippen MR) is 63.0 cm³/mol. The molecule has 1 fully saturated rings. The predicted octanol–water partition coefficient (Wildman–Crippen LogP) is 2.65. The van der Waals surface area contributed by atoms with Crippen LogP contribution in [0.4, 0.5) is 13.2 Å². The lowest BCUT2D eigenvalue weighted by Gasteiger charge is -2.44. The fourth-order valence-electron chi connectivity index (χ4n) is 2.43. The minimum atomic E-state index is -4.08. The summed E-state index contributed by atoms with van der Waals surface area (Å²) in [7, 11) is 0. The van der Waals surface area contributed by atoms with Gasteiger partial charge in [-0.05, 0) is 44.8 Å². The van der Waals surface area contributed by atoms with Gasteiger partial charge < -0.3 is 5.32 Å². The summed E-state index contributed by atoms with van der Waals surface area (Å²) in [5, 5.41) is 3.30. The van der Waals surface area contributed by atoms with E-state index < -0.39 is 12.7 Å². The molecule has 5 heteroatoms. The smallest absolute Gasteiger partial charge is 0.316 e. The Hall–Kier alpha value is -0.290. The molecule has 0 bridgehead atoms. The van der Waals surface area contributed by atoms with Gasteiger partial charge in [0.2, 0.25) is 0 Å². The third-order valence-corrected chi connectivity index (χ3v) is 3.47. The summed E-state index contributed by atoms with van der Waals surface area (Å²) in [6.07, 6.45) is -1.05. The van der Waals surface area contributed by atoms with Gasteiger partial charge in [-0.3, -0.25) is 4.90 Å². The summed E-state index contributed by atoms with van der Waals surface area (Å²) >= 11 is 0. The molecule has 1 N–H and O–H groups in total. The highest BCUT2D eigenvalue weighted by molar-refractivity contribution is 4.90. The van der Waals surface area contributed by atoms with Crippen molar-refractivity contribution < 1.29 is 13.2 Å². The Bertz CT molecular complexity index is 218. The summed E-state index contributed by atoms with van der Waals surface area (Å²) in [6, 6.07) is 0.117. The first-order valence-electron chi connectivity index (χ1n) is 6.49. The van der Waals surface area contributed by atoms with Crippen LogP contribution >= 0.6 is 0 Å². The fourth-order valence-corrected chi connectivity index (χ4v) is 2.43. The van der Waals surface area contributed by atoms with Crippen LogP contribution in [0.1, 0.15) is 33.1 Å². The van der Waals surface area contributed by atoms with Crippen LogP contribution in [0, 0.1) is 5.92 Å². The Labute approximate surface area is 102 Å². The Morgan fingerprint density at radius 3 is 2.35 bits per heavy atom. The highest BCUT2D eigenvalue weighted by atomic mass is 19.4. The lowest BCUT2D eigenvalue weighted by atomic mass is 9.78. The van der Waals surface area contributed by atoms with Gasteiger partial charge in [-0.15, -0.1) is 0 Å². The van der Waals surface area contributed by atoms with Crippen molar-refractivity contribution in [2.24, 2.45) is 5.92 Å². The molecule has 1 aliphatic carbocycles. The molecule has 0 aromatic heterocycles. The van der Waals surface area contributed by atoms with Crippen molar-refractivity contribution in [3.8, 4) is 0 Å². The van der Waals surface area contributed by atoms with E-state index in [0.29, 0.717) is 12.5 Å². The second-order valence-electron chi connectivity index (χ2n) is 4.79. The minimum Gasteiger partial charge on any atom is -0.316 e. The number of nitrogens with zero attached hydrogens (tertiary/aromatic N) is 1. The van der Waals surface area contributed by atoms with Crippen molar-refractivity contribution >= 4 is 0 Å². The summed E-state index contributed by atoms with van der Waals surface area (Å²) in [4.78, 5) is 1.57. The largest absolute Gasteiger partial charge is 0.401 e. The molecule has 0 radical (unpaired) electrons. The van der Waals surface area contributed by atoms with E-state index in [1.165, 1.54) is 0 Å². The molecule has 2 unspecified atom stereocenters. The van der Waals surface area contributed by atoms with E-state index in [9.17, 15) is 13.2 Å². The molecule has 102 valence electrons. The van der Waals surface area contributed by atoms with Gasteiger partial charge in [0.05, 0.1) is 6.54 Å². The van der Waals surface area contributed by atoms with Crippen molar-refractivity contribution in [1.29, 1.82) is 0 Å². The van der Waals surface area contributed by atoms with Crippen LogP contribution in [-0.4, -0.2) is 43.3 Å². The Morgan fingerprint density at radius 1 is 1.24 bits per heavy atom. The number of hydrogen-bond acceptors (Lipinski definition) is 2. The van der Waals surface area contributed by atoms with Crippen LogP contribution in [0.2, 0.25) is 0 Å². The zero-order valence-corrected chi connectivity index (χ0v) is 10.7. The lowest BCUT2D eigenvalue weighted by molar-refractivity contribution is -0.157. The van der Waals surface area contributed by atoms with Gasteiger partial charge >= 0.3 is 6.18 Å². The molecular formula is C12H23F3N2. The molecule has 0 aromatic rings. The Kier molecular flexibility index (Phi) is 5.73. The van der Waals surface area contributed by atoms with E-state index in [4.69, 9.17) is 0 Å². The number of rotatable bonds is 7. The Balaban J connectivity index is 2.36. The fraction of sp³-hybridized carbons (Fsp3) is 1.00. The molecule has 2 nitrogen and oxygen atoms in total. The number of alkyl halides is 3. The Morgan fingerprint density at radius 2 is 1.94 bits per heavy atom. The zero-order valence-electron chi connectivity index (χ0n) is 10.7. The second kappa shape index (κ2) is 6.59. The quantitative estimate of drug-likeness (QED) is 0.701. The zero-order chi connectivity index (χ0) is 12.9. The van der Waals surface area contributed by atoms with Crippen molar-refractivity contribution in [2.45, 2.75) is 45.3 Å². The van der Waals surface area contributed by atoms with E-state index >= 15 is 0 Å². The molecule has 0 heterocycles. The van der Waals surface area contributed by atoms with E-state index in [0.717, 1.165) is 32.4 Å². The molecule has 1 saturated carbocycles. The third kappa shape index (κ3) is 4.84. The third-order valence-electron chi connectivity index (χ3n) is 3.47. The van der Waals surface area contributed by atoms with Gasteiger partial charge in [0.15, 0.2) is 0 Å². The van der Waals surface area contributed by atoms with Gasteiger partial charge in [-0.1, -0.05) is 13.8 Å². The maximum absolute atomic E-state index is 12.4. The van der Waals surface area contributed by atoms with Crippen molar-refractivity contribution in [2.75, 3.05) is 26.2 Å².